The Morgan fingerprint density at radius 2 is 0.462 bits per heavy atom. The third-order valence-electron chi connectivity index (χ3n) is 20.7. The second-order valence-corrected chi connectivity index (χ2v) is 34.0. The molecule has 0 aliphatic heterocycles. The van der Waals surface area contributed by atoms with E-state index < -0.39 is 97.5 Å². The smallest absolute Gasteiger partial charge is 0.462 e. The lowest BCUT2D eigenvalue weighted by Gasteiger charge is -2.21. The predicted molar refractivity (Wildman–Crippen MR) is 428 cm³/mol. The van der Waals surface area contributed by atoms with Crippen LogP contribution in [0.15, 0.2) is 0 Å². The molecule has 0 fully saturated rings. The summed E-state index contributed by atoms with van der Waals surface area (Å²) in [6, 6.07) is 0. The molecule has 0 heterocycles. The summed E-state index contributed by atoms with van der Waals surface area (Å²) >= 11 is 0. The SMILES string of the molecule is CCCCCCCCCCCCC(=O)OC[C@H](COP(=O)(O)OC[C@H](O)COP(=O)(O)OC[C@@H](COC(=O)CCCCCCCCCCCCCCCCCCCCC(C)CC)OC(=O)CCCCCCCCCCCCCCCCCCCCC(C)CC)OC(=O)CCCCCCCCCCCC. The van der Waals surface area contributed by atoms with Crippen molar-refractivity contribution in [2.24, 2.45) is 11.8 Å². The molecular formula is C85H166O17P2. The van der Waals surface area contributed by atoms with Crippen LogP contribution in [0.4, 0.5) is 0 Å². The second-order valence-electron chi connectivity index (χ2n) is 31.1. The van der Waals surface area contributed by atoms with Crippen molar-refractivity contribution in [2.75, 3.05) is 39.6 Å². The summed E-state index contributed by atoms with van der Waals surface area (Å²) in [4.78, 5) is 73.0. The lowest BCUT2D eigenvalue weighted by atomic mass is 9.99. The Balaban J connectivity index is 5.16. The minimum atomic E-state index is -4.96. The molecular weight excluding hydrogens is 1350 g/mol. The van der Waals surface area contributed by atoms with Crippen LogP contribution in [0.25, 0.3) is 0 Å². The van der Waals surface area contributed by atoms with Crippen molar-refractivity contribution in [3.8, 4) is 0 Å². The fraction of sp³-hybridized carbons (Fsp3) is 0.953. The van der Waals surface area contributed by atoms with Crippen LogP contribution in [-0.2, 0) is 65.4 Å². The molecule has 4 unspecified atom stereocenters. The number of aliphatic hydroxyl groups excluding tert-OH is 1. The first-order valence-corrected chi connectivity index (χ1v) is 47.1. The molecule has 0 amide bonds. The molecule has 3 N–H and O–H groups in total. The van der Waals surface area contributed by atoms with Gasteiger partial charge in [-0.05, 0) is 37.5 Å². The van der Waals surface area contributed by atoms with Crippen LogP contribution in [0.1, 0.15) is 452 Å². The van der Waals surface area contributed by atoms with Crippen molar-refractivity contribution in [1.82, 2.24) is 0 Å². The maximum Gasteiger partial charge on any atom is 0.472 e. The maximum atomic E-state index is 13.1. The number of ether oxygens (including phenoxy) is 4. The molecule has 17 nitrogen and oxygen atoms in total. The molecule has 0 saturated carbocycles. The van der Waals surface area contributed by atoms with Crippen molar-refractivity contribution in [1.29, 1.82) is 0 Å². The van der Waals surface area contributed by atoms with Crippen LogP contribution in [0, 0.1) is 11.8 Å². The lowest BCUT2D eigenvalue weighted by molar-refractivity contribution is -0.161. The number of phosphoric acid groups is 2. The summed E-state index contributed by atoms with van der Waals surface area (Å²) in [7, 11) is -9.92. The molecule has 0 rings (SSSR count). The van der Waals surface area contributed by atoms with Gasteiger partial charge in [-0.2, -0.15) is 0 Å². The van der Waals surface area contributed by atoms with Gasteiger partial charge in [0.05, 0.1) is 26.4 Å². The zero-order valence-corrected chi connectivity index (χ0v) is 70.1. The zero-order valence-electron chi connectivity index (χ0n) is 68.3. The predicted octanol–water partition coefficient (Wildman–Crippen LogP) is 25.8. The number of carbonyl (C=O) groups excluding carboxylic acids is 4. The summed E-state index contributed by atoms with van der Waals surface area (Å²) in [6.07, 6.45) is 68.1. The molecule has 7 atom stereocenters. The van der Waals surface area contributed by atoms with Crippen molar-refractivity contribution < 1.29 is 80.2 Å². The van der Waals surface area contributed by atoms with Gasteiger partial charge in [-0.15, -0.1) is 0 Å². The molecule has 0 aliphatic carbocycles. The van der Waals surface area contributed by atoms with Gasteiger partial charge < -0.3 is 33.8 Å². The Kier molecular flexibility index (Phi) is 75.0. The van der Waals surface area contributed by atoms with Gasteiger partial charge in [-0.1, -0.05) is 401 Å². The molecule has 0 spiro atoms. The van der Waals surface area contributed by atoms with Crippen LogP contribution in [0.3, 0.4) is 0 Å². The van der Waals surface area contributed by atoms with Crippen LogP contribution in [0.5, 0.6) is 0 Å². The summed E-state index contributed by atoms with van der Waals surface area (Å²) < 4.78 is 68.7. The molecule has 0 aromatic rings. The van der Waals surface area contributed by atoms with Crippen LogP contribution >= 0.6 is 15.6 Å². The summed E-state index contributed by atoms with van der Waals surface area (Å²) in [5.41, 5.74) is 0. The number of rotatable bonds is 84. The van der Waals surface area contributed by atoms with E-state index >= 15 is 0 Å². The normalized spacial score (nSPS) is 14.4. The van der Waals surface area contributed by atoms with Crippen molar-refractivity contribution in [3.63, 3.8) is 0 Å². The molecule has 0 aliphatic rings. The van der Waals surface area contributed by atoms with Crippen LogP contribution in [0.2, 0.25) is 0 Å². The van der Waals surface area contributed by atoms with Gasteiger partial charge >= 0.3 is 39.5 Å². The number of esters is 4. The summed E-state index contributed by atoms with van der Waals surface area (Å²) in [6.45, 7) is 9.77. The quantitative estimate of drug-likeness (QED) is 0.0222. The lowest BCUT2D eigenvalue weighted by Crippen LogP contribution is -2.30. The highest BCUT2D eigenvalue weighted by Gasteiger charge is 2.30. The third-order valence-corrected chi connectivity index (χ3v) is 22.6. The molecule has 0 radical (unpaired) electrons. The Bertz CT molecular complexity index is 2000. The fourth-order valence-electron chi connectivity index (χ4n) is 13.2. The Morgan fingerprint density at radius 3 is 0.683 bits per heavy atom. The van der Waals surface area contributed by atoms with E-state index in [1.807, 2.05) is 0 Å². The topological polar surface area (TPSA) is 237 Å². The number of carbonyl (C=O) groups is 4. The summed E-state index contributed by atoms with van der Waals surface area (Å²) in [5.74, 6) is -0.360. The largest absolute Gasteiger partial charge is 0.472 e. The molecule has 618 valence electrons. The zero-order chi connectivity index (χ0) is 76.4. The van der Waals surface area contributed by atoms with E-state index in [-0.39, 0.29) is 25.7 Å². The van der Waals surface area contributed by atoms with E-state index in [4.69, 9.17) is 37.0 Å². The van der Waals surface area contributed by atoms with Crippen LogP contribution < -0.4 is 0 Å². The first kappa shape index (κ1) is 102. The van der Waals surface area contributed by atoms with Gasteiger partial charge in [-0.25, -0.2) is 9.13 Å². The summed E-state index contributed by atoms with van der Waals surface area (Å²) in [5, 5.41) is 10.6. The minimum Gasteiger partial charge on any atom is -0.462 e. The number of hydrogen-bond acceptors (Lipinski definition) is 15. The maximum absolute atomic E-state index is 13.1. The Hall–Kier alpha value is -1.94. The minimum absolute atomic E-state index is 0.107. The van der Waals surface area contributed by atoms with Crippen molar-refractivity contribution >= 4 is 39.5 Å². The second kappa shape index (κ2) is 76.4. The first-order valence-electron chi connectivity index (χ1n) is 44.1. The molecule has 0 bridgehead atoms. The van der Waals surface area contributed by atoms with E-state index in [0.29, 0.717) is 25.7 Å². The average Bonchev–Trinajstić information content (AvgIpc) is 0.908. The van der Waals surface area contributed by atoms with Gasteiger partial charge in [0.1, 0.15) is 19.3 Å². The number of aliphatic hydroxyl groups is 1. The van der Waals surface area contributed by atoms with E-state index in [9.17, 15) is 43.2 Å². The van der Waals surface area contributed by atoms with E-state index in [1.54, 1.807) is 0 Å². The van der Waals surface area contributed by atoms with E-state index in [2.05, 4.69) is 41.5 Å². The van der Waals surface area contributed by atoms with Crippen LogP contribution in [-0.4, -0.2) is 96.7 Å². The standard InChI is InChI=1S/C85H166O17P2/c1-7-11-13-15-17-19-43-49-55-61-67-82(87)95-73-80(101-84(89)69-63-57-51-44-20-18-16-14-12-8-2)75-99-103(91,92)97-71-79(86)72-98-104(93,94)100-76-81(102-85(90)70-64-58-52-46-40-36-32-28-24-22-26-30-34-38-42-48-54-60-66-78(6)10-4)74-96-83(88)68-62-56-50-45-39-35-31-27-23-21-25-29-33-37-41-47-53-59-65-77(5)9-3/h77-81,86H,7-76H2,1-6H3,(H,91,92)(H,93,94)/t77?,78?,79-,80+,81+/m0/s1. The van der Waals surface area contributed by atoms with Crippen molar-refractivity contribution in [2.45, 2.75) is 471 Å². The first-order chi connectivity index (χ1) is 50.4. The van der Waals surface area contributed by atoms with Gasteiger partial charge in [-0.3, -0.25) is 37.3 Å². The van der Waals surface area contributed by atoms with Gasteiger partial charge in [0.2, 0.25) is 0 Å². The average molecular weight is 1520 g/mol. The molecule has 0 saturated heterocycles. The van der Waals surface area contributed by atoms with E-state index in [0.717, 1.165) is 102 Å². The third kappa shape index (κ3) is 75.5. The van der Waals surface area contributed by atoms with Gasteiger partial charge in [0, 0.05) is 25.7 Å². The highest BCUT2D eigenvalue weighted by molar-refractivity contribution is 7.47. The number of phosphoric ester groups is 2. The fourth-order valence-corrected chi connectivity index (χ4v) is 14.8. The number of hydrogen-bond donors (Lipinski definition) is 3. The Labute approximate surface area is 638 Å². The molecule has 19 heteroatoms. The molecule has 104 heavy (non-hydrogen) atoms. The van der Waals surface area contributed by atoms with Gasteiger partial charge in [0.25, 0.3) is 0 Å². The highest BCUT2D eigenvalue weighted by atomic mass is 31.2. The Morgan fingerprint density at radius 1 is 0.269 bits per heavy atom. The number of unbranched alkanes of at least 4 members (excludes halogenated alkanes) is 52. The van der Waals surface area contributed by atoms with E-state index in [1.165, 1.54) is 270 Å². The monoisotopic (exact) mass is 1520 g/mol. The highest BCUT2D eigenvalue weighted by Crippen LogP contribution is 2.45. The van der Waals surface area contributed by atoms with Crippen molar-refractivity contribution in [3.05, 3.63) is 0 Å². The molecule has 0 aromatic heterocycles. The van der Waals surface area contributed by atoms with Gasteiger partial charge in [0.15, 0.2) is 12.2 Å². The molecule has 0 aromatic carbocycles.